The van der Waals surface area contributed by atoms with Crippen LogP contribution in [0.4, 0.5) is 0 Å². The van der Waals surface area contributed by atoms with Crippen LogP contribution in [0.1, 0.15) is 31.1 Å². The van der Waals surface area contributed by atoms with E-state index in [9.17, 15) is 13.2 Å². The number of carbonyl (C=O) groups excluding carboxylic acids is 1. The Morgan fingerprint density at radius 2 is 1.64 bits per heavy atom. The van der Waals surface area contributed by atoms with Gasteiger partial charge in [0.15, 0.2) is 5.78 Å². The number of ketones is 1. The van der Waals surface area contributed by atoms with Crippen molar-refractivity contribution in [2.45, 2.75) is 25.7 Å². The van der Waals surface area contributed by atoms with Gasteiger partial charge in [0.1, 0.15) is 4.90 Å². The van der Waals surface area contributed by atoms with Crippen molar-refractivity contribution in [3.8, 4) is 0 Å². The average Bonchev–Trinajstić information content (AvgIpc) is 2.53. The van der Waals surface area contributed by atoms with Crippen LogP contribution in [0, 0.1) is 5.41 Å². The molecule has 0 aliphatic heterocycles. The molecule has 142 valence electrons. The summed E-state index contributed by atoms with van der Waals surface area (Å²) in [5.41, 5.74) is -0.311. The van der Waals surface area contributed by atoms with Crippen molar-refractivity contribution in [2.75, 3.05) is 40.5 Å². The zero-order chi connectivity index (χ0) is 19.3. The van der Waals surface area contributed by atoms with Gasteiger partial charge in [0.2, 0.25) is 10.0 Å². The molecule has 0 fully saturated rings. The third-order valence-corrected chi connectivity index (χ3v) is 5.96. The third-order valence-electron chi connectivity index (χ3n) is 3.58. The molecule has 0 saturated carbocycles. The average molecular weight is 392 g/mol. The fraction of sp³-hybridized carbons (Fsp3) is 0.588. The molecule has 0 radical (unpaired) electrons. The van der Waals surface area contributed by atoms with E-state index in [2.05, 4.69) is 0 Å². The van der Waals surface area contributed by atoms with E-state index in [1.54, 1.807) is 26.8 Å². The van der Waals surface area contributed by atoms with E-state index in [1.165, 1.54) is 30.7 Å². The van der Waals surface area contributed by atoms with E-state index in [0.717, 1.165) is 0 Å². The number of rotatable bonds is 9. The van der Waals surface area contributed by atoms with Gasteiger partial charge >= 0.3 is 0 Å². The summed E-state index contributed by atoms with van der Waals surface area (Å²) in [4.78, 5) is 12.4. The van der Waals surface area contributed by atoms with Crippen LogP contribution in [0.25, 0.3) is 0 Å². The molecular weight excluding hydrogens is 366 g/mol. The first-order chi connectivity index (χ1) is 11.6. The first-order valence-corrected chi connectivity index (χ1v) is 9.70. The smallest absolute Gasteiger partial charge is 0.244 e. The van der Waals surface area contributed by atoms with Gasteiger partial charge in [-0.25, -0.2) is 8.42 Å². The molecule has 8 heteroatoms. The molecule has 0 unspecified atom stereocenters. The molecule has 0 N–H and O–H groups in total. The Hall–Kier alpha value is -0.990. The second kappa shape index (κ2) is 9.09. The molecule has 0 bridgehead atoms. The molecule has 0 aliphatic carbocycles. The Labute approximate surface area is 155 Å². The van der Waals surface area contributed by atoms with Gasteiger partial charge in [0.05, 0.1) is 18.2 Å². The topological polar surface area (TPSA) is 72.9 Å². The summed E-state index contributed by atoms with van der Waals surface area (Å²) in [5.74, 6) is -0.152. The second-order valence-electron chi connectivity index (χ2n) is 6.61. The summed E-state index contributed by atoms with van der Waals surface area (Å²) in [5, 5.41) is 0.0743. The van der Waals surface area contributed by atoms with Gasteiger partial charge in [-0.1, -0.05) is 32.4 Å². The lowest BCUT2D eigenvalue weighted by Crippen LogP contribution is -2.36. The van der Waals surface area contributed by atoms with E-state index in [-0.39, 0.29) is 42.0 Å². The second-order valence-corrected chi connectivity index (χ2v) is 8.93. The summed E-state index contributed by atoms with van der Waals surface area (Å²) < 4.78 is 37.2. The molecule has 0 aliphatic rings. The lowest BCUT2D eigenvalue weighted by atomic mass is 9.87. The van der Waals surface area contributed by atoms with Gasteiger partial charge in [-0.2, -0.15) is 4.31 Å². The number of hydrogen-bond acceptors (Lipinski definition) is 5. The molecule has 1 aromatic carbocycles. The van der Waals surface area contributed by atoms with Crippen LogP contribution in [0.5, 0.6) is 0 Å². The molecule has 0 amide bonds. The molecule has 0 atom stereocenters. The van der Waals surface area contributed by atoms with E-state index >= 15 is 0 Å². The third kappa shape index (κ3) is 5.76. The van der Waals surface area contributed by atoms with E-state index in [4.69, 9.17) is 21.1 Å². The van der Waals surface area contributed by atoms with Crippen molar-refractivity contribution in [3.05, 3.63) is 28.8 Å². The summed E-state index contributed by atoms with van der Waals surface area (Å²) >= 11 is 6.13. The number of sulfonamides is 1. The first kappa shape index (κ1) is 22.1. The fourth-order valence-corrected chi connectivity index (χ4v) is 4.06. The van der Waals surface area contributed by atoms with Gasteiger partial charge in [0, 0.05) is 38.3 Å². The molecule has 25 heavy (non-hydrogen) atoms. The lowest BCUT2D eigenvalue weighted by molar-refractivity contribution is 0.0858. The van der Waals surface area contributed by atoms with Crippen LogP contribution in [-0.2, 0) is 19.5 Å². The van der Waals surface area contributed by atoms with Gasteiger partial charge in [-0.3, -0.25) is 4.79 Å². The van der Waals surface area contributed by atoms with Gasteiger partial charge < -0.3 is 9.47 Å². The highest BCUT2D eigenvalue weighted by atomic mass is 35.5. The maximum atomic E-state index is 13.0. The Balaban J connectivity index is 3.32. The minimum Gasteiger partial charge on any atom is -0.383 e. The van der Waals surface area contributed by atoms with Gasteiger partial charge in [-0.05, 0) is 18.2 Å². The summed E-state index contributed by atoms with van der Waals surface area (Å²) in [6.07, 6.45) is 0. The van der Waals surface area contributed by atoms with Crippen LogP contribution in [0.2, 0.25) is 5.02 Å². The predicted molar refractivity (Wildman–Crippen MR) is 97.7 cm³/mol. The quantitative estimate of drug-likeness (QED) is 0.605. The standard InChI is InChI=1S/C17H26ClNO5S/c1-17(2,3)16(20)13-6-7-14(18)15(12-13)25(21,22)19(8-10-23-4)9-11-24-5/h6-7,12H,8-11H2,1-5H3. The fourth-order valence-electron chi connectivity index (χ4n) is 2.15. The molecule has 0 aromatic heterocycles. The van der Waals surface area contributed by atoms with Crippen molar-refractivity contribution in [2.24, 2.45) is 5.41 Å². The van der Waals surface area contributed by atoms with Crippen molar-refractivity contribution in [1.82, 2.24) is 4.31 Å². The molecule has 0 saturated heterocycles. The first-order valence-electron chi connectivity index (χ1n) is 7.88. The number of methoxy groups -OCH3 is 2. The monoisotopic (exact) mass is 391 g/mol. The Bertz CT molecular complexity index is 689. The van der Waals surface area contributed by atoms with Crippen LogP contribution in [-0.4, -0.2) is 59.0 Å². The zero-order valence-corrected chi connectivity index (χ0v) is 16.9. The van der Waals surface area contributed by atoms with E-state index in [1.807, 2.05) is 0 Å². The lowest BCUT2D eigenvalue weighted by Gasteiger charge is -2.23. The number of Topliss-reactive ketones (excluding diaryl/α,β-unsaturated/α-hetero) is 1. The van der Waals surface area contributed by atoms with Crippen LogP contribution < -0.4 is 0 Å². The Morgan fingerprint density at radius 3 is 2.08 bits per heavy atom. The van der Waals surface area contributed by atoms with Gasteiger partial charge in [-0.15, -0.1) is 0 Å². The van der Waals surface area contributed by atoms with E-state index in [0.29, 0.717) is 5.56 Å². The minimum atomic E-state index is -3.89. The maximum Gasteiger partial charge on any atom is 0.244 e. The number of nitrogens with zero attached hydrogens (tertiary/aromatic N) is 1. The zero-order valence-electron chi connectivity index (χ0n) is 15.3. The largest absolute Gasteiger partial charge is 0.383 e. The number of hydrogen-bond donors (Lipinski definition) is 0. The molecule has 0 spiro atoms. The minimum absolute atomic E-state index is 0.0743. The number of benzene rings is 1. The van der Waals surface area contributed by atoms with Crippen molar-refractivity contribution < 1.29 is 22.7 Å². The van der Waals surface area contributed by atoms with Crippen LogP contribution >= 0.6 is 11.6 Å². The van der Waals surface area contributed by atoms with Gasteiger partial charge in [0.25, 0.3) is 0 Å². The Morgan fingerprint density at radius 1 is 1.12 bits per heavy atom. The molecule has 1 rings (SSSR count). The predicted octanol–water partition coefficient (Wildman–Crippen LogP) is 2.85. The molecular formula is C17H26ClNO5S. The van der Waals surface area contributed by atoms with E-state index < -0.39 is 15.4 Å². The highest BCUT2D eigenvalue weighted by Crippen LogP contribution is 2.29. The van der Waals surface area contributed by atoms with Crippen molar-refractivity contribution >= 4 is 27.4 Å². The SMILES string of the molecule is COCCN(CCOC)S(=O)(=O)c1cc(C(=O)C(C)(C)C)ccc1Cl. The molecule has 0 heterocycles. The van der Waals surface area contributed by atoms with Crippen LogP contribution in [0.15, 0.2) is 23.1 Å². The van der Waals surface area contributed by atoms with Crippen molar-refractivity contribution in [1.29, 1.82) is 0 Å². The number of halogens is 1. The summed E-state index contributed by atoms with van der Waals surface area (Å²) in [6, 6.07) is 4.33. The number of carbonyl (C=O) groups is 1. The highest BCUT2D eigenvalue weighted by molar-refractivity contribution is 7.89. The van der Waals surface area contributed by atoms with Crippen LogP contribution in [0.3, 0.4) is 0 Å². The number of ether oxygens (including phenoxy) is 2. The highest BCUT2D eigenvalue weighted by Gasteiger charge is 2.29. The molecule has 1 aromatic rings. The molecule has 6 nitrogen and oxygen atoms in total. The Kier molecular flexibility index (Phi) is 8.02. The summed E-state index contributed by atoms with van der Waals surface area (Å²) in [6.45, 7) is 6.14. The maximum absolute atomic E-state index is 13.0. The van der Waals surface area contributed by atoms with Crippen molar-refractivity contribution in [3.63, 3.8) is 0 Å². The normalized spacial score (nSPS) is 12.6. The summed E-state index contributed by atoms with van der Waals surface area (Å²) in [7, 11) is -0.895.